The van der Waals surface area contributed by atoms with Crippen LogP contribution in [0.2, 0.25) is 0 Å². The molecule has 1 rings (SSSR count). The number of anilines is 1. The third kappa shape index (κ3) is 5.19. The van der Waals surface area contributed by atoms with E-state index in [1.165, 1.54) is 6.92 Å². The second-order valence-corrected chi connectivity index (χ2v) is 4.86. The van der Waals surface area contributed by atoms with Gasteiger partial charge in [0.25, 0.3) is 0 Å². The number of thioether (sulfide) groups is 1. The largest absolute Gasteiger partial charge is 0.393 e. The summed E-state index contributed by atoms with van der Waals surface area (Å²) in [4.78, 5) is 11.9. The molecule has 0 aliphatic rings. The Bertz CT molecular complexity index is 335. The molecule has 3 nitrogen and oxygen atoms in total. The van der Waals surface area contributed by atoms with Crippen molar-refractivity contribution in [3.05, 3.63) is 24.3 Å². The zero-order chi connectivity index (χ0) is 12.0. The summed E-state index contributed by atoms with van der Waals surface area (Å²) in [5.74, 6) is 0.839. The van der Waals surface area contributed by atoms with Gasteiger partial charge in [0.2, 0.25) is 5.91 Å². The topological polar surface area (TPSA) is 49.3 Å². The second-order valence-electron chi connectivity index (χ2n) is 3.69. The summed E-state index contributed by atoms with van der Waals surface area (Å²) in [6.45, 7) is 3.28. The molecular formula is C12H17NO2S. The first-order valence-corrected chi connectivity index (χ1v) is 6.25. The fourth-order valence-electron chi connectivity index (χ4n) is 1.19. The Labute approximate surface area is 100 Å². The van der Waals surface area contributed by atoms with Crippen molar-refractivity contribution in [2.45, 2.75) is 31.3 Å². The standard InChI is InChI=1S/C12H17NO2S/c1-9(14)7-8-16-12-5-3-11(4-6-12)13-10(2)15/h3-6,9,14H,7-8H2,1-2H3,(H,13,15). The molecule has 1 atom stereocenters. The van der Waals surface area contributed by atoms with Crippen LogP contribution in [-0.2, 0) is 4.79 Å². The Morgan fingerprint density at radius 1 is 1.44 bits per heavy atom. The fraction of sp³-hybridized carbons (Fsp3) is 0.417. The van der Waals surface area contributed by atoms with Crippen LogP contribution in [-0.4, -0.2) is 22.9 Å². The second kappa shape index (κ2) is 6.55. The van der Waals surface area contributed by atoms with Crippen LogP contribution in [0.1, 0.15) is 20.3 Å². The molecule has 4 heteroatoms. The average Bonchev–Trinajstić information content (AvgIpc) is 2.19. The van der Waals surface area contributed by atoms with Crippen LogP contribution >= 0.6 is 11.8 Å². The van der Waals surface area contributed by atoms with E-state index in [9.17, 15) is 4.79 Å². The van der Waals surface area contributed by atoms with Crippen LogP contribution in [0.15, 0.2) is 29.2 Å². The molecule has 1 aromatic rings. The number of carbonyl (C=O) groups excluding carboxylic acids is 1. The van der Waals surface area contributed by atoms with E-state index < -0.39 is 0 Å². The Kier molecular flexibility index (Phi) is 5.35. The summed E-state index contributed by atoms with van der Waals surface area (Å²) < 4.78 is 0. The van der Waals surface area contributed by atoms with Gasteiger partial charge in [0.05, 0.1) is 6.10 Å². The van der Waals surface area contributed by atoms with Gasteiger partial charge in [-0.05, 0) is 37.6 Å². The fourth-order valence-corrected chi connectivity index (χ4v) is 2.21. The van der Waals surface area contributed by atoms with Crippen molar-refractivity contribution in [2.75, 3.05) is 11.1 Å². The first-order valence-electron chi connectivity index (χ1n) is 5.26. The predicted octanol–water partition coefficient (Wildman–Crippen LogP) is 2.51. The highest BCUT2D eigenvalue weighted by atomic mass is 32.2. The number of benzene rings is 1. The molecule has 1 amide bonds. The van der Waals surface area contributed by atoms with Gasteiger partial charge >= 0.3 is 0 Å². The normalized spacial score (nSPS) is 12.2. The Hall–Kier alpha value is -1.00. The summed E-state index contributed by atoms with van der Waals surface area (Å²) in [5, 5.41) is 11.8. The monoisotopic (exact) mass is 239 g/mol. The van der Waals surface area contributed by atoms with Crippen LogP contribution < -0.4 is 5.32 Å². The molecule has 0 bridgehead atoms. The molecule has 0 saturated carbocycles. The van der Waals surface area contributed by atoms with Gasteiger partial charge < -0.3 is 10.4 Å². The number of aliphatic hydroxyl groups is 1. The first-order chi connectivity index (χ1) is 7.58. The number of hydrogen-bond acceptors (Lipinski definition) is 3. The van der Waals surface area contributed by atoms with Gasteiger partial charge in [0, 0.05) is 23.3 Å². The molecule has 0 heterocycles. The summed E-state index contributed by atoms with van der Waals surface area (Å²) in [5.41, 5.74) is 0.812. The van der Waals surface area contributed by atoms with Crippen molar-refractivity contribution in [2.24, 2.45) is 0 Å². The van der Waals surface area contributed by atoms with Gasteiger partial charge in [-0.2, -0.15) is 0 Å². The molecule has 1 unspecified atom stereocenters. The number of hydrogen-bond donors (Lipinski definition) is 2. The van der Waals surface area contributed by atoms with Crippen molar-refractivity contribution in [1.29, 1.82) is 0 Å². The van der Waals surface area contributed by atoms with E-state index in [1.807, 2.05) is 24.3 Å². The molecule has 16 heavy (non-hydrogen) atoms. The molecule has 0 aliphatic heterocycles. The summed E-state index contributed by atoms with van der Waals surface area (Å²) in [6, 6.07) is 7.70. The third-order valence-electron chi connectivity index (χ3n) is 1.98. The van der Waals surface area contributed by atoms with E-state index >= 15 is 0 Å². The number of amides is 1. The maximum Gasteiger partial charge on any atom is 0.221 e. The Morgan fingerprint density at radius 3 is 2.56 bits per heavy atom. The van der Waals surface area contributed by atoms with E-state index in [2.05, 4.69) is 5.32 Å². The summed E-state index contributed by atoms with van der Waals surface area (Å²) in [6.07, 6.45) is 0.545. The van der Waals surface area contributed by atoms with Gasteiger partial charge in [0.1, 0.15) is 0 Å². The van der Waals surface area contributed by atoms with Crippen molar-refractivity contribution in [3.63, 3.8) is 0 Å². The van der Waals surface area contributed by atoms with Gasteiger partial charge in [-0.25, -0.2) is 0 Å². The molecule has 0 radical (unpaired) electrons. The van der Waals surface area contributed by atoms with E-state index in [0.717, 1.165) is 22.8 Å². The number of aliphatic hydroxyl groups excluding tert-OH is 1. The lowest BCUT2D eigenvalue weighted by Crippen LogP contribution is -2.05. The van der Waals surface area contributed by atoms with Crippen LogP contribution in [0, 0.1) is 0 Å². The molecule has 0 aliphatic carbocycles. The molecule has 0 spiro atoms. The minimum atomic E-state index is -0.244. The molecular weight excluding hydrogens is 222 g/mol. The van der Waals surface area contributed by atoms with Crippen molar-refractivity contribution < 1.29 is 9.90 Å². The average molecular weight is 239 g/mol. The van der Waals surface area contributed by atoms with E-state index in [-0.39, 0.29) is 12.0 Å². The Balaban J connectivity index is 2.42. The van der Waals surface area contributed by atoms with Gasteiger partial charge in [0.15, 0.2) is 0 Å². The number of rotatable bonds is 5. The van der Waals surface area contributed by atoms with Crippen LogP contribution in [0.4, 0.5) is 5.69 Å². The molecule has 2 N–H and O–H groups in total. The highest BCUT2D eigenvalue weighted by Crippen LogP contribution is 2.21. The van der Waals surface area contributed by atoms with Gasteiger partial charge in [-0.15, -0.1) is 11.8 Å². The zero-order valence-electron chi connectivity index (χ0n) is 9.56. The maximum absolute atomic E-state index is 10.8. The van der Waals surface area contributed by atoms with E-state index in [4.69, 9.17) is 5.11 Å². The van der Waals surface area contributed by atoms with Gasteiger partial charge in [-0.1, -0.05) is 0 Å². The van der Waals surface area contributed by atoms with Crippen LogP contribution in [0.5, 0.6) is 0 Å². The van der Waals surface area contributed by atoms with E-state index in [0.29, 0.717) is 0 Å². The SMILES string of the molecule is CC(=O)Nc1ccc(SCCC(C)O)cc1. The van der Waals surface area contributed by atoms with Crippen LogP contribution in [0.25, 0.3) is 0 Å². The molecule has 0 fully saturated rings. The van der Waals surface area contributed by atoms with Crippen molar-refractivity contribution >= 4 is 23.4 Å². The number of nitrogens with one attached hydrogen (secondary N) is 1. The molecule has 0 aromatic heterocycles. The highest BCUT2D eigenvalue weighted by Gasteiger charge is 1.99. The van der Waals surface area contributed by atoms with Crippen LogP contribution in [0.3, 0.4) is 0 Å². The van der Waals surface area contributed by atoms with E-state index in [1.54, 1.807) is 18.7 Å². The lowest BCUT2D eigenvalue weighted by molar-refractivity contribution is -0.114. The summed E-state index contributed by atoms with van der Waals surface area (Å²) in [7, 11) is 0. The third-order valence-corrected chi connectivity index (χ3v) is 3.02. The molecule has 88 valence electrons. The lowest BCUT2D eigenvalue weighted by Gasteiger charge is -2.05. The summed E-state index contributed by atoms with van der Waals surface area (Å²) >= 11 is 1.70. The zero-order valence-corrected chi connectivity index (χ0v) is 10.4. The first kappa shape index (κ1) is 13.1. The predicted molar refractivity (Wildman–Crippen MR) is 67.8 cm³/mol. The highest BCUT2D eigenvalue weighted by molar-refractivity contribution is 7.99. The minimum Gasteiger partial charge on any atom is -0.393 e. The smallest absolute Gasteiger partial charge is 0.221 e. The van der Waals surface area contributed by atoms with Crippen molar-refractivity contribution in [1.82, 2.24) is 0 Å². The van der Waals surface area contributed by atoms with Gasteiger partial charge in [-0.3, -0.25) is 4.79 Å². The lowest BCUT2D eigenvalue weighted by atomic mass is 10.3. The quantitative estimate of drug-likeness (QED) is 0.776. The molecule has 0 saturated heterocycles. The maximum atomic E-state index is 10.8. The minimum absolute atomic E-state index is 0.0606. The van der Waals surface area contributed by atoms with Crippen molar-refractivity contribution in [3.8, 4) is 0 Å². The number of carbonyl (C=O) groups is 1. The Morgan fingerprint density at radius 2 is 2.06 bits per heavy atom. The molecule has 1 aromatic carbocycles.